The van der Waals surface area contributed by atoms with Crippen LogP contribution < -0.4 is 10.1 Å². The molecule has 2 aromatic rings. The predicted octanol–water partition coefficient (Wildman–Crippen LogP) is 1.17. The number of aliphatic hydroxyl groups is 8. The zero-order valence-corrected chi connectivity index (χ0v) is 31.2. The number of unbranched alkanes of at least 4 members (excludes halogenated alkanes) is 2. The Bertz CT molecular complexity index is 1560. The molecule has 306 valence electrons. The van der Waals surface area contributed by atoms with Crippen molar-refractivity contribution in [2.24, 2.45) is 0 Å². The van der Waals surface area contributed by atoms with Crippen molar-refractivity contribution in [1.82, 2.24) is 10.3 Å². The van der Waals surface area contributed by atoms with Crippen LogP contribution in [0.5, 0.6) is 5.75 Å². The van der Waals surface area contributed by atoms with Crippen LogP contribution in [0, 0.1) is 0 Å². The normalized spacial score (nSPS) is 29.6. The molecule has 4 rings (SSSR count). The van der Waals surface area contributed by atoms with Crippen molar-refractivity contribution in [2.75, 3.05) is 19.8 Å². The summed E-state index contributed by atoms with van der Waals surface area (Å²) in [6.45, 7) is 1.04. The minimum absolute atomic E-state index is 0.0144. The van der Waals surface area contributed by atoms with E-state index in [0.717, 1.165) is 55.0 Å². The summed E-state index contributed by atoms with van der Waals surface area (Å²) in [6.07, 6.45) is 8.77. The number of ether oxygens (including phenoxy) is 4. The third-order valence-electron chi connectivity index (χ3n) is 9.41. The first kappa shape index (κ1) is 44.3. The Balaban J connectivity index is 1.17. The standard InChI is InChI=1S/C40H58N2O13/c1-25(44)15-13-11-9-7-5-3-2-4-6-8-10-12-14-16-32(45)41-20-19-26-22-42-29-18-17-27(21-28(26)29)53-40-38(51)36(49)34(47)31(55-40)24-52-39-37(50)35(48)33(46)30(23-43)54-39/h2-3,6-9,13,15,17-18,21-22,25,30-31,33-40,42-44,46-51H,4-5,10-12,14,16,19-20,23-24H2,1H3,(H,41,45). The van der Waals surface area contributed by atoms with Gasteiger partial charge in [-0.1, -0.05) is 48.6 Å². The van der Waals surface area contributed by atoms with Gasteiger partial charge in [-0.3, -0.25) is 4.79 Å². The lowest BCUT2D eigenvalue weighted by atomic mass is 9.98. The number of fused-ring (bicyclic) bond motifs is 1. The lowest BCUT2D eigenvalue weighted by Gasteiger charge is -2.42. The fourth-order valence-corrected chi connectivity index (χ4v) is 6.20. The molecule has 11 atom stereocenters. The topological polar surface area (TPSA) is 244 Å². The molecule has 1 amide bonds. The van der Waals surface area contributed by atoms with E-state index in [1.807, 2.05) is 12.3 Å². The van der Waals surface area contributed by atoms with E-state index in [-0.39, 0.29) is 5.91 Å². The van der Waals surface area contributed by atoms with Crippen molar-refractivity contribution in [1.29, 1.82) is 0 Å². The maximum absolute atomic E-state index is 12.5. The molecule has 10 N–H and O–H groups in total. The largest absolute Gasteiger partial charge is 0.462 e. The highest BCUT2D eigenvalue weighted by molar-refractivity contribution is 5.84. The summed E-state index contributed by atoms with van der Waals surface area (Å²) in [4.78, 5) is 15.6. The number of aromatic amines is 1. The highest BCUT2D eigenvalue weighted by Crippen LogP contribution is 2.29. The van der Waals surface area contributed by atoms with Crippen molar-refractivity contribution in [2.45, 2.75) is 126 Å². The minimum atomic E-state index is -1.68. The number of aromatic nitrogens is 1. The van der Waals surface area contributed by atoms with Gasteiger partial charge in [-0.05, 0) is 75.6 Å². The van der Waals surface area contributed by atoms with Crippen molar-refractivity contribution in [3.8, 4) is 5.75 Å². The van der Waals surface area contributed by atoms with Crippen LogP contribution in [0.2, 0.25) is 0 Å². The number of carbonyl (C=O) groups is 1. The number of benzene rings is 1. The van der Waals surface area contributed by atoms with E-state index in [0.29, 0.717) is 25.1 Å². The summed E-state index contributed by atoms with van der Waals surface area (Å²) in [7, 11) is 0. The summed E-state index contributed by atoms with van der Waals surface area (Å²) in [5.41, 5.74) is 1.74. The molecule has 0 bridgehead atoms. The van der Waals surface area contributed by atoms with Crippen LogP contribution in [0.1, 0.15) is 57.4 Å². The van der Waals surface area contributed by atoms with Gasteiger partial charge < -0.3 is 70.1 Å². The first-order chi connectivity index (χ1) is 26.5. The van der Waals surface area contributed by atoms with Gasteiger partial charge in [-0.2, -0.15) is 0 Å². The molecule has 0 radical (unpaired) electrons. The number of allylic oxidation sites excluding steroid dienone is 7. The molecule has 15 heteroatoms. The molecule has 2 saturated heterocycles. The second-order valence-electron chi connectivity index (χ2n) is 13.8. The second kappa shape index (κ2) is 22.9. The molecule has 1 aromatic heterocycles. The molecule has 0 aliphatic carbocycles. The maximum Gasteiger partial charge on any atom is 0.229 e. The lowest BCUT2D eigenvalue weighted by Crippen LogP contribution is -2.62. The molecular formula is C40H58N2O13. The highest BCUT2D eigenvalue weighted by atomic mass is 16.7. The minimum Gasteiger partial charge on any atom is -0.462 e. The van der Waals surface area contributed by atoms with Crippen LogP contribution in [0.4, 0.5) is 0 Å². The van der Waals surface area contributed by atoms with E-state index in [4.69, 9.17) is 18.9 Å². The molecule has 1 aromatic carbocycles. The molecule has 3 heterocycles. The third kappa shape index (κ3) is 13.6. The van der Waals surface area contributed by atoms with E-state index in [1.54, 1.807) is 31.2 Å². The van der Waals surface area contributed by atoms with Crippen LogP contribution in [0.15, 0.2) is 73.0 Å². The van der Waals surface area contributed by atoms with E-state index >= 15 is 0 Å². The van der Waals surface area contributed by atoms with E-state index in [1.165, 1.54) is 0 Å². The Morgan fingerprint density at radius 3 is 2.16 bits per heavy atom. The number of H-pyrrole nitrogens is 1. The smallest absolute Gasteiger partial charge is 0.229 e. The van der Waals surface area contributed by atoms with E-state index in [2.05, 4.69) is 46.8 Å². The summed E-state index contributed by atoms with van der Waals surface area (Å²) < 4.78 is 22.5. The average Bonchev–Trinajstić information content (AvgIpc) is 3.57. The molecule has 2 aliphatic heterocycles. The molecule has 0 saturated carbocycles. The molecule has 2 fully saturated rings. The van der Waals surface area contributed by atoms with E-state index < -0.39 is 80.7 Å². The SMILES string of the molecule is CC(O)C=CCC=CCC=CCC=CCCCCC(=O)NCCc1c[nH]c2ccc(OC3OC(COC4OC(CO)C(O)C(O)C4O)C(O)C(O)C3O)cc12. The van der Waals surface area contributed by atoms with Gasteiger partial charge >= 0.3 is 0 Å². The monoisotopic (exact) mass is 774 g/mol. The Morgan fingerprint density at radius 2 is 1.47 bits per heavy atom. The molecule has 15 nitrogen and oxygen atoms in total. The van der Waals surface area contributed by atoms with Gasteiger partial charge in [0.15, 0.2) is 6.29 Å². The third-order valence-corrected chi connectivity index (χ3v) is 9.41. The van der Waals surface area contributed by atoms with Gasteiger partial charge in [0, 0.05) is 30.1 Å². The van der Waals surface area contributed by atoms with Gasteiger partial charge in [-0.15, -0.1) is 0 Å². The second-order valence-corrected chi connectivity index (χ2v) is 13.8. The zero-order valence-electron chi connectivity index (χ0n) is 31.2. The summed E-state index contributed by atoms with van der Waals surface area (Å²) in [6, 6.07) is 5.15. The molecular weight excluding hydrogens is 716 g/mol. The first-order valence-corrected chi connectivity index (χ1v) is 18.9. The number of hydrogen-bond acceptors (Lipinski definition) is 13. The van der Waals surface area contributed by atoms with Crippen molar-refractivity contribution in [3.63, 3.8) is 0 Å². The Hall–Kier alpha value is -3.45. The zero-order chi connectivity index (χ0) is 39.7. The lowest BCUT2D eigenvalue weighted by molar-refractivity contribution is -0.323. The van der Waals surface area contributed by atoms with Crippen LogP contribution in [0.3, 0.4) is 0 Å². The van der Waals surface area contributed by atoms with Crippen LogP contribution in [0.25, 0.3) is 10.9 Å². The number of aliphatic hydroxyl groups excluding tert-OH is 8. The number of rotatable bonds is 21. The maximum atomic E-state index is 12.5. The van der Waals surface area contributed by atoms with Crippen LogP contribution in [-0.4, -0.2) is 139 Å². The number of hydrogen-bond donors (Lipinski definition) is 10. The van der Waals surface area contributed by atoms with Crippen LogP contribution in [-0.2, 0) is 25.4 Å². The summed E-state index contributed by atoms with van der Waals surface area (Å²) in [5.74, 6) is 0.286. The van der Waals surface area contributed by atoms with Crippen molar-refractivity contribution >= 4 is 16.8 Å². The molecule has 11 unspecified atom stereocenters. The Kier molecular flexibility index (Phi) is 18.5. The van der Waals surface area contributed by atoms with Crippen molar-refractivity contribution in [3.05, 3.63) is 78.6 Å². The average molecular weight is 775 g/mol. The molecule has 55 heavy (non-hydrogen) atoms. The van der Waals surface area contributed by atoms with Gasteiger partial charge in [0.25, 0.3) is 0 Å². The fraction of sp³-hybridized carbons (Fsp3) is 0.575. The van der Waals surface area contributed by atoms with Gasteiger partial charge in [-0.25, -0.2) is 0 Å². The fourth-order valence-electron chi connectivity index (χ4n) is 6.20. The first-order valence-electron chi connectivity index (χ1n) is 18.9. The van der Waals surface area contributed by atoms with Crippen LogP contribution >= 0.6 is 0 Å². The number of carbonyl (C=O) groups excluding carboxylic acids is 1. The predicted molar refractivity (Wildman–Crippen MR) is 203 cm³/mol. The number of nitrogens with one attached hydrogen (secondary N) is 2. The summed E-state index contributed by atoms with van der Waals surface area (Å²) >= 11 is 0. The quantitative estimate of drug-likeness (QED) is 0.0634. The Morgan fingerprint density at radius 1 is 0.836 bits per heavy atom. The molecule has 0 spiro atoms. The van der Waals surface area contributed by atoms with Gasteiger partial charge in [0.1, 0.15) is 54.6 Å². The molecule has 2 aliphatic rings. The van der Waals surface area contributed by atoms with E-state index in [9.17, 15) is 45.6 Å². The Labute approximate surface area is 321 Å². The number of amides is 1. The summed E-state index contributed by atoms with van der Waals surface area (Å²) in [5, 5.41) is 84.4. The van der Waals surface area contributed by atoms with Gasteiger partial charge in [0.2, 0.25) is 12.2 Å². The van der Waals surface area contributed by atoms with Crippen molar-refractivity contribution < 1.29 is 64.6 Å². The van der Waals surface area contributed by atoms with Gasteiger partial charge in [0.05, 0.1) is 19.3 Å². The highest BCUT2D eigenvalue weighted by Gasteiger charge is 2.47.